The predicted molar refractivity (Wildman–Crippen MR) is 111 cm³/mol. The maximum absolute atomic E-state index is 11.3. The summed E-state index contributed by atoms with van der Waals surface area (Å²) in [5, 5.41) is 15.6. The van der Waals surface area contributed by atoms with Gasteiger partial charge in [0.1, 0.15) is 0 Å². The van der Waals surface area contributed by atoms with Gasteiger partial charge in [-0.25, -0.2) is 4.98 Å². The molecule has 3 aromatic carbocycles. The lowest BCUT2D eigenvalue weighted by Gasteiger charge is -2.07. The summed E-state index contributed by atoms with van der Waals surface area (Å²) < 4.78 is 0. The third-order valence-corrected chi connectivity index (χ3v) is 5.34. The number of aliphatic carboxylic acids is 1. The van der Waals surface area contributed by atoms with Gasteiger partial charge in [0.15, 0.2) is 5.13 Å². The van der Waals surface area contributed by atoms with Crippen LogP contribution in [0.25, 0.3) is 22.0 Å². The second-order valence-electron chi connectivity index (χ2n) is 6.38. The summed E-state index contributed by atoms with van der Waals surface area (Å²) in [7, 11) is 0. The number of hydrogen-bond acceptors (Lipinski definition) is 4. The molecule has 0 atom stereocenters. The smallest absolute Gasteiger partial charge is 0.308 e. The average molecular weight is 374 g/mol. The minimum atomic E-state index is -0.858. The zero-order valence-electron chi connectivity index (χ0n) is 14.8. The quantitative estimate of drug-likeness (QED) is 0.474. The maximum Gasteiger partial charge on any atom is 0.308 e. The highest BCUT2D eigenvalue weighted by atomic mass is 32.1. The molecule has 4 nitrogen and oxygen atoms in total. The molecule has 1 aromatic heterocycles. The van der Waals surface area contributed by atoms with Crippen LogP contribution in [0, 0.1) is 6.92 Å². The number of carbonyl (C=O) groups is 1. The summed E-state index contributed by atoms with van der Waals surface area (Å²) in [5.74, 6) is -0.858. The first-order valence-corrected chi connectivity index (χ1v) is 9.45. The number of nitrogens with zero attached hydrogens (tertiary/aromatic N) is 1. The van der Waals surface area contributed by atoms with Crippen molar-refractivity contribution in [3.63, 3.8) is 0 Å². The zero-order chi connectivity index (χ0) is 18.8. The van der Waals surface area contributed by atoms with E-state index < -0.39 is 5.97 Å². The van der Waals surface area contributed by atoms with Crippen LogP contribution in [-0.2, 0) is 11.2 Å². The van der Waals surface area contributed by atoms with Crippen molar-refractivity contribution in [1.82, 2.24) is 4.98 Å². The Kier molecular flexibility index (Phi) is 4.60. The number of aromatic nitrogens is 1. The summed E-state index contributed by atoms with van der Waals surface area (Å²) >= 11 is 1.39. The van der Waals surface area contributed by atoms with Crippen LogP contribution in [0.1, 0.15) is 10.4 Å². The number of fused-ring (bicyclic) bond motifs is 1. The van der Waals surface area contributed by atoms with Crippen LogP contribution in [0.5, 0.6) is 0 Å². The van der Waals surface area contributed by atoms with Gasteiger partial charge in [-0.15, -0.1) is 11.3 Å². The van der Waals surface area contributed by atoms with Crippen molar-refractivity contribution in [3.8, 4) is 11.3 Å². The van der Waals surface area contributed by atoms with Gasteiger partial charge < -0.3 is 10.4 Å². The Hall–Kier alpha value is -3.18. The Labute approximate surface area is 161 Å². The molecular weight excluding hydrogens is 356 g/mol. The highest BCUT2D eigenvalue weighted by Gasteiger charge is 2.16. The SMILES string of the molecule is Cc1ccc(-c2nc(Nc3cccc4ccccc34)sc2CC(=O)O)cc1. The van der Waals surface area contributed by atoms with Crippen LogP contribution >= 0.6 is 11.3 Å². The fourth-order valence-electron chi connectivity index (χ4n) is 3.05. The van der Waals surface area contributed by atoms with Crippen molar-refractivity contribution in [2.45, 2.75) is 13.3 Å². The monoisotopic (exact) mass is 374 g/mol. The largest absolute Gasteiger partial charge is 0.481 e. The predicted octanol–water partition coefficient (Wildman–Crippen LogP) is 5.64. The molecule has 4 aromatic rings. The van der Waals surface area contributed by atoms with Crippen molar-refractivity contribution >= 4 is 38.9 Å². The van der Waals surface area contributed by atoms with E-state index in [0.717, 1.165) is 38.2 Å². The average Bonchev–Trinajstić information content (AvgIpc) is 3.04. The molecule has 5 heteroatoms. The first-order valence-electron chi connectivity index (χ1n) is 8.63. The lowest BCUT2D eigenvalue weighted by molar-refractivity contribution is -0.136. The van der Waals surface area contributed by atoms with Crippen LogP contribution in [0.3, 0.4) is 0 Å². The lowest BCUT2D eigenvalue weighted by Crippen LogP contribution is -1.99. The molecular formula is C22H18N2O2S. The molecule has 0 saturated carbocycles. The number of carboxylic acids is 1. The topological polar surface area (TPSA) is 62.2 Å². The molecule has 1 heterocycles. The second kappa shape index (κ2) is 7.21. The Morgan fingerprint density at radius 3 is 2.56 bits per heavy atom. The number of hydrogen-bond donors (Lipinski definition) is 2. The first-order chi connectivity index (χ1) is 13.1. The summed E-state index contributed by atoms with van der Waals surface area (Å²) in [6.07, 6.45) is -0.0436. The third kappa shape index (κ3) is 3.68. The standard InChI is InChI=1S/C22H18N2O2S/c1-14-9-11-16(12-10-14)21-19(13-20(25)26)27-22(24-21)23-18-8-4-6-15-5-2-3-7-17(15)18/h2-12H,13H2,1H3,(H,23,24)(H,25,26). The molecule has 2 N–H and O–H groups in total. The Balaban J connectivity index is 1.75. The van der Waals surface area contributed by atoms with E-state index in [-0.39, 0.29) is 6.42 Å². The van der Waals surface area contributed by atoms with Crippen molar-refractivity contribution in [2.75, 3.05) is 5.32 Å². The second-order valence-corrected chi connectivity index (χ2v) is 7.46. The van der Waals surface area contributed by atoms with Crippen LogP contribution in [0.4, 0.5) is 10.8 Å². The number of benzene rings is 3. The van der Waals surface area contributed by atoms with Crippen LogP contribution < -0.4 is 5.32 Å². The Bertz CT molecular complexity index is 1110. The fraction of sp³-hybridized carbons (Fsp3) is 0.0909. The van der Waals surface area contributed by atoms with E-state index in [4.69, 9.17) is 4.98 Å². The van der Waals surface area contributed by atoms with Gasteiger partial charge in [0.2, 0.25) is 0 Å². The molecule has 0 saturated heterocycles. The zero-order valence-corrected chi connectivity index (χ0v) is 15.6. The number of thiazole rings is 1. The molecule has 0 spiro atoms. The van der Waals surface area contributed by atoms with E-state index in [0.29, 0.717) is 5.13 Å². The van der Waals surface area contributed by atoms with Crippen molar-refractivity contribution < 1.29 is 9.90 Å². The van der Waals surface area contributed by atoms with E-state index in [9.17, 15) is 9.90 Å². The van der Waals surface area contributed by atoms with Gasteiger partial charge in [-0.3, -0.25) is 4.79 Å². The first kappa shape index (κ1) is 17.2. The van der Waals surface area contributed by atoms with E-state index in [1.807, 2.05) is 55.5 Å². The third-order valence-electron chi connectivity index (χ3n) is 4.37. The highest BCUT2D eigenvalue weighted by Crippen LogP contribution is 2.35. The fourth-order valence-corrected chi connectivity index (χ4v) is 4.04. The number of anilines is 2. The summed E-state index contributed by atoms with van der Waals surface area (Å²) in [4.78, 5) is 16.8. The van der Waals surface area contributed by atoms with Crippen molar-refractivity contribution in [2.24, 2.45) is 0 Å². The molecule has 0 aliphatic carbocycles. The van der Waals surface area contributed by atoms with E-state index >= 15 is 0 Å². The number of rotatable bonds is 5. The molecule has 0 amide bonds. The van der Waals surface area contributed by atoms with Crippen LogP contribution in [0.15, 0.2) is 66.7 Å². The van der Waals surface area contributed by atoms with E-state index in [1.165, 1.54) is 11.3 Å². The van der Waals surface area contributed by atoms with Gasteiger partial charge in [0, 0.05) is 21.5 Å². The molecule has 0 bridgehead atoms. The molecule has 27 heavy (non-hydrogen) atoms. The molecule has 0 radical (unpaired) electrons. The van der Waals surface area contributed by atoms with Gasteiger partial charge in [0.25, 0.3) is 0 Å². The number of aryl methyl sites for hydroxylation is 1. The lowest BCUT2D eigenvalue weighted by atomic mass is 10.1. The van der Waals surface area contributed by atoms with Gasteiger partial charge in [-0.05, 0) is 18.4 Å². The van der Waals surface area contributed by atoms with Gasteiger partial charge >= 0.3 is 5.97 Å². The molecule has 0 unspecified atom stereocenters. The van der Waals surface area contributed by atoms with E-state index in [1.54, 1.807) is 0 Å². The molecule has 4 rings (SSSR count). The molecule has 0 fully saturated rings. The van der Waals surface area contributed by atoms with Crippen LogP contribution in [-0.4, -0.2) is 16.1 Å². The maximum atomic E-state index is 11.3. The minimum Gasteiger partial charge on any atom is -0.481 e. The van der Waals surface area contributed by atoms with Crippen molar-refractivity contribution in [1.29, 1.82) is 0 Å². The Morgan fingerprint density at radius 1 is 1.04 bits per heavy atom. The molecule has 0 aliphatic heterocycles. The van der Waals surface area contributed by atoms with Gasteiger partial charge in [0.05, 0.1) is 12.1 Å². The number of carboxylic acid groups (broad SMARTS) is 1. The molecule has 134 valence electrons. The highest BCUT2D eigenvalue weighted by molar-refractivity contribution is 7.16. The van der Waals surface area contributed by atoms with Crippen LogP contribution in [0.2, 0.25) is 0 Å². The Morgan fingerprint density at radius 2 is 1.78 bits per heavy atom. The summed E-state index contributed by atoms with van der Waals surface area (Å²) in [5.41, 5.74) is 3.77. The van der Waals surface area contributed by atoms with E-state index in [2.05, 4.69) is 23.5 Å². The normalized spacial score (nSPS) is 10.9. The molecule has 0 aliphatic rings. The summed E-state index contributed by atoms with van der Waals surface area (Å²) in [6.45, 7) is 2.02. The van der Waals surface area contributed by atoms with Gasteiger partial charge in [-0.1, -0.05) is 66.2 Å². The minimum absolute atomic E-state index is 0.0436. The van der Waals surface area contributed by atoms with Gasteiger partial charge in [-0.2, -0.15) is 0 Å². The number of nitrogens with one attached hydrogen (secondary N) is 1. The van der Waals surface area contributed by atoms with Crippen molar-refractivity contribution in [3.05, 3.63) is 77.2 Å². The summed E-state index contributed by atoms with van der Waals surface area (Å²) in [6, 6.07) is 22.2.